The molecule has 1 aliphatic rings. The maximum atomic E-state index is 9.49. The number of rotatable bonds is 2. The van der Waals surface area contributed by atoms with Gasteiger partial charge in [0.05, 0.1) is 11.7 Å². The van der Waals surface area contributed by atoms with E-state index < -0.39 is 0 Å². The molecule has 10 heavy (non-hydrogen) atoms. The van der Waals surface area contributed by atoms with Gasteiger partial charge < -0.3 is 9.84 Å². The number of aliphatic hydroxyl groups excluding tert-OH is 1. The molecule has 1 unspecified atom stereocenters. The lowest BCUT2D eigenvalue weighted by molar-refractivity contribution is -0.0784. The van der Waals surface area contributed by atoms with E-state index in [1.165, 1.54) is 0 Å². The molecule has 60 valence electrons. The highest BCUT2D eigenvalue weighted by atomic mass is 16.5. The Bertz CT molecular complexity index is 106. The number of ether oxygens (including phenoxy) is 1. The molecule has 0 aromatic heterocycles. The van der Waals surface area contributed by atoms with Gasteiger partial charge in [0.15, 0.2) is 0 Å². The second-order valence-electron chi connectivity index (χ2n) is 3.19. The zero-order chi connectivity index (χ0) is 7.61. The van der Waals surface area contributed by atoms with E-state index in [9.17, 15) is 5.11 Å². The first-order valence-corrected chi connectivity index (χ1v) is 4.01. The smallest absolute Gasteiger partial charge is 0.0912 e. The van der Waals surface area contributed by atoms with Crippen LogP contribution in [0.25, 0.3) is 0 Å². The van der Waals surface area contributed by atoms with E-state index in [0.717, 1.165) is 25.9 Å². The molecule has 2 heteroatoms. The van der Waals surface area contributed by atoms with Gasteiger partial charge in [-0.2, -0.15) is 0 Å². The standard InChI is InChI=1S/C8H16O2/c1-3-7(9)8(2)5-4-6-10-8/h7,9H,3-6H2,1-2H3/t7-,8?/m0/s1. The lowest BCUT2D eigenvalue weighted by Crippen LogP contribution is -2.37. The largest absolute Gasteiger partial charge is 0.390 e. The van der Waals surface area contributed by atoms with Crippen LogP contribution in [0.2, 0.25) is 0 Å². The summed E-state index contributed by atoms with van der Waals surface area (Å²) in [5.41, 5.74) is -0.241. The van der Waals surface area contributed by atoms with E-state index in [1.807, 2.05) is 13.8 Å². The van der Waals surface area contributed by atoms with Crippen LogP contribution in [0.5, 0.6) is 0 Å². The highest BCUT2D eigenvalue weighted by Crippen LogP contribution is 2.29. The van der Waals surface area contributed by atoms with Gasteiger partial charge in [0.1, 0.15) is 0 Å². The molecular weight excluding hydrogens is 128 g/mol. The topological polar surface area (TPSA) is 29.5 Å². The van der Waals surface area contributed by atoms with Crippen molar-refractivity contribution >= 4 is 0 Å². The van der Waals surface area contributed by atoms with E-state index in [4.69, 9.17) is 4.74 Å². The minimum atomic E-state index is -0.282. The third-order valence-electron chi connectivity index (χ3n) is 2.34. The predicted octanol–water partition coefficient (Wildman–Crippen LogP) is 1.33. The molecule has 0 aromatic rings. The highest BCUT2D eigenvalue weighted by molar-refractivity contribution is 4.86. The fourth-order valence-electron chi connectivity index (χ4n) is 1.50. The summed E-state index contributed by atoms with van der Waals surface area (Å²) in [6.45, 7) is 4.79. The Hall–Kier alpha value is -0.0800. The van der Waals surface area contributed by atoms with Gasteiger partial charge in [-0.15, -0.1) is 0 Å². The Kier molecular flexibility index (Phi) is 2.32. The van der Waals surface area contributed by atoms with Crippen LogP contribution in [-0.2, 0) is 4.74 Å². The Balaban J connectivity index is 2.49. The quantitative estimate of drug-likeness (QED) is 0.633. The van der Waals surface area contributed by atoms with Crippen LogP contribution in [0.15, 0.2) is 0 Å². The molecule has 1 rings (SSSR count). The summed E-state index contributed by atoms with van der Waals surface area (Å²) < 4.78 is 5.44. The minimum absolute atomic E-state index is 0.241. The number of hydrogen-bond acceptors (Lipinski definition) is 2. The van der Waals surface area contributed by atoms with Crippen molar-refractivity contribution in [2.75, 3.05) is 6.61 Å². The van der Waals surface area contributed by atoms with Crippen molar-refractivity contribution in [3.63, 3.8) is 0 Å². The molecule has 1 heterocycles. The van der Waals surface area contributed by atoms with E-state index in [1.54, 1.807) is 0 Å². The summed E-state index contributed by atoms with van der Waals surface area (Å²) in [4.78, 5) is 0. The van der Waals surface area contributed by atoms with Crippen LogP contribution in [-0.4, -0.2) is 23.4 Å². The van der Waals surface area contributed by atoms with Crippen LogP contribution in [0, 0.1) is 0 Å². The average Bonchev–Trinajstić information content (AvgIpc) is 2.36. The monoisotopic (exact) mass is 144 g/mol. The van der Waals surface area contributed by atoms with Crippen molar-refractivity contribution in [3.8, 4) is 0 Å². The molecule has 0 radical (unpaired) electrons. The maximum Gasteiger partial charge on any atom is 0.0912 e. The highest BCUT2D eigenvalue weighted by Gasteiger charge is 2.35. The summed E-state index contributed by atoms with van der Waals surface area (Å²) in [6.07, 6.45) is 2.60. The molecule has 1 aliphatic heterocycles. The second-order valence-corrected chi connectivity index (χ2v) is 3.19. The van der Waals surface area contributed by atoms with Gasteiger partial charge in [-0.1, -0.05) is 6.92 Å². The van der Waals surface area contributed by atoms with Gasteiger partial charge in [0.2, 0.25) is 0 Å². The molecule has 2 atom stereocenters. The first-order valence-electron chi connectivity index (χ1n) is 4.01. The van der Waals surface area contributed by atoms with Crippen molar-refractivity contribution in [1.82, 2.24) is 0 Å². The molecule has 0 spiro atoms. The van der Waals surface area contributed by atoms with Crippen molar-refractivity contribution in [2.45, 2.75) is 44.8 Å². The van der Waals surface area contributed by atoms with Gasteiger partial charge >= 0.3 is 0 Å². The third-order valence-corrected chi connectivity index (χ3v) is 2.34. The van der Waals surface area contributed by atoms with Gasteiger partial charge in [0.25, 0.3) is 0 Å². The van der Waals surface area contributed by atoms with Crippen LogP contribution in [0.3, 0.4) is 0 Å². The maximum absolute atomic E-state index is 9.49. The van der Waals surface area contributed by atoms with E-state index in [2.05, 4.69) is 0 Å². The lowest BCUT2D eigenvalue weighted by Gasteiger charge is -2.28. The second kappa shape index (κ2) is 2.89. The molecule has 0 saturated carbocycles. The summed E-state index contributed by atoms with van der Waals surface area (Å²) >= 11 is 0. The first kappa shape index (κ1) is 8.02. The summed E-state index contributed by atoms with van der Waals surface area (Å²) in [6, 6.07) is 0. The summed E-state index contributed by atoms with van der Waals surface area (Å²) in [7, 11) is 0. The van der Waals surface area contributed by atoms with Crippen molar-refractivity contribution < 1.29 is 9.84 Å². The molecule has 1 fully saturated rings. The van der Waals surface area contributed by atoms with E-state index in [0.29, 0.717) is 0 Å². The summed E-state index contributed by atoms with van der Waals surface area (Å²) in [5, 5.41) is 9.49. The number of hydrogen-bond donors (Lipinski definition) is 1. The molecule has 2 nitrogen and oxygen atoms in total. The summed E-state index contributed by atoms with van der Waals surface area (Å²) in [5.74, 6) is 0. The zero-order valence-corrected chi connectivity index (χ0v) is 6.76. The number of aliphatic hydroxyl groups is 1. The first-order chi connectivity index (χ1) is 4.69. The van der Waals surface area contributed by atoms with Crippen molar-refractivity contribution in [3.05, 3.63) is 0 Å². The predicted molar refractivity (Wildman–Crippen MR) is 39.9 cm³/mol. The third kappa shape index (κ3) is 1.32. The fraction of sp³-hybridized carbons (Fsp3) is 1.00. The molecule has 1 N–H and O–H groups in total. The Morgan fingerprint density at radius 1 is 1.70 bits per heavy atom. The van der Waals surface area contributed by atoms with Gasteiger partial charge in [-0.3, -0.25) is 0 Å². The van der Waals surface area contributed by atoms with Crippen LogP contribution >= 0.6 is 0 Å². The average molecular weight is 144 g/mol. The van der Waals surface area contributed by atoms with Gasteiger partial charge in [-0.05, 0) is 26.2 Å². The van der Waals surface area contributed by atoms with Crippen LogP contribution in [0.4, 0.5) is 0 Å². The van der Waals surface area contributed by atoms with E-state index >= 15 is 0 Å². The van der Waals surface area contributed by atoms with Crippen LogP contribution < -0.4 is 0 Å². The van der Waals surface area contributed by atoms with E-state index in [-0.39, 0.29) is 11.7 Å². The van der Waals surface area contributed by atoms with Gasteiger partial charge in [-0.25, -0.2) is 0 Å². The molecule has 0 amide bonds. The Morgan fingerprint density at radius 3 is 2.80 bits per heavy atom. The van der Waals surface area contributed by atoms with Gasteiger partial charge in [0, 0.05) is 6.61 Å². The molecule has 0 bridgehead atoms. The SMILES string of the molecule is CC[C@H](O)C1(C)CCCO1. The minimum Gasteiger partial charge on any atom is -0.390 e. The lowest BCUT2D eigenvalue weighted by atomic mass is 9.94. The molecule has 0 aliphatic carbocycles. The molecule has 1 saturated heterocycles. The fourth-order valence-corrected chi connectivity index (χ4v) is 1.50. The zero-order valence-electron chi connectivity index (χ0n) is 6.76. The van der Waals surface area contributed by atoms with Crippen molar-refractivity contribution in [2.24, 2.45) is 0 Å². The van der Waals surface area contributed by atoms with Crippen molar-refractivity contribution in [1.29, 1.82) is 0 Å². The molecular formula is C8H16O2. The normalized spacial score (nSPS) is 36.3. The Morgan fingerprint density at radius 2 is 2.40 bits per heavy atom. The van der Waals surface area contributed by atoms with Crippen LogP contribution in [0.1, 0.15) is 33.1 Å². The Labute approximate surface area is 62.2 Å². The molecule has 0 aromatic carbocycles.